The summed E-state index contributed by atoms with van der Waals surface area (Å²) in [5.74, 6) is -0.871. The number of carbonyl (C=O) groups is 1. The summed E-state index contributed by atoms with van der Waals surface area (Å²) in [6.45, 7) is 0. The van der Waals surface area contributed by atoms with Crippen LogP contribution in [0.2, 0.25) is 0 Å². The molecule has 0 aliphatic carbocycles. The maximum absolute atomic E-state index is 10.6. The zero-order valence-electron chi connectivity index (χ0n) is 5.48. The van der Waals surface area contributed by atoms with Crippen LogP contribution in [0.15, 0.2) is 17.2 Å². The number of thiol groups is 1. The maximum Gasteiger partial charge on any atom is 0.248 e. The predicted molar refractivity (Wildman–Crippen MR) is 41.7 cm³/mol. The minimum absolute atomic E-state index is 0.197. The van der Waals surface area contributed by atoms with E-state index < -0.39 is 5.91 Å². The number of primary amides is 1. The lowest BCUT2D eigenvalue weighted by molar-refractivity contribution is 0.0999. The van der Waals surface area contributed by atoms with E-state index in [1.807, 2.05) is 0 Å². The van der Waals surface area contributed by atoms with Gasteiger partial charge in [-0.1, -0.05) is 0 Å². The van der Waals surface area contributed by atoms with Crippen molar-refractivity contribution in [2.45, 2.75) is 5.03 Å². The van der Waals surface area contributed by atoms with Gasteiger partial charge in [0, 0.05) is 11.6 Å². The molecule has 5 heteroatoms. The Labute approximate surface area is 68.5 Å². The van der Waals surface area contributed by atoms with Gasteiger partial charge in [-0.05, 0) is 6.07 Å². The molecule has 4 nitrogen and oxygen atoms in total. The first-order chi connectivity index (χ1) is 5.09. The summed E-state index contributed by atoms with van der Waals surface area (Å²) in [6, 6.07) is 2.56. The first-order valence-corrected chi connectivity index (χ1v) is 3.24. The van der Waals surface area contributed by atoms with E-state index in [0.29, 0.717) is 0 Å². The summed E-state index contributed by atoms with van der Waals surface area (Å²) in [6.07, 6.45) is 0. The van der Waals surface area contributed by atoms with Crippen LogP contribution in [0.5, 0.6) is 5.88 Å². The van der Waals surface area contributed by atoms with Gasteiger partial charge in [-0.3, -0.25) is 4.79 Å². The van der Waals surface area contributed by atoms with Crippen LogP contribution < -0.4 is 5.73 Å². The predicted octanol–water partition coefficient (Wildman–Crippen LogP) is 0.175. The standard InChI is InChI=1S/C6H6N2O2S/c7-6(10)3-1-4(9)8-5(11)2-3/h1-2H,(H2,7,10)(H2,8,9,11). The number of carbonyl (C=O) groups excluding carboxylic acids is 1. The third kappa shape index (κ3) is 1.84. The average Bonchev–Trinajstić information content (AvgIpc) is 1.85. The van der Waals surface area contributed by atoms with Crippen LogP contribution in [0.3, 0.4) is 0 Å². The van der Waals surface area contributed by atoms with Gasteiger partial charge in [-0.2, -0.15) is 0 Å². The molecule has 0 aliphatic rings. The minimum Gasteiger partial charge on any atom is -0.493 e. The van der Waals surface area contributed by atoms with E-state index in [1.165, 1.54) is 12.1 Å². The van der Waals surface area contributed by atoms with Crippen LogP contribution >= 0.6 is 12.6 Å². The van der Waals surface area contributed by atoms with Crippen LogP contribution in [0.25, 0.3) is 0 Å². The van der Waals surface area contributed by atoms with Crippen LogP contribution in [0, 0.1) is 0 Å². The van der Waals surface area contributed by atoms with Crippen molar-refractivity contribution in [3.05, 3.63) is 17.7 Å². The lowest BCUT2D eigenvalue weighted by atomic mass is 10.2. The minimum atomic E-state index is -0.613. The maximum atomic E-state index is 10.6. The highest BCUT2D eigenvalue weighted by Gasteiger charge is 2.03. The van der Waals surface area contributed by atoms with E-state index in [4.69, 9.17) is 10.8 Å². The lowest BCUT2D eigenvalue weighted by Crippen LogP contribution is -2.10. The first-order valence-electron chi connectivity index (χ1n) is 2.79. The lowest BCUT2D eigenvalue weighted by Gasteiger charge is -1.96. The summed E-state index contributed by atoms with van der Waals surface area (Å²) in [7, 11) is 0. The Kier molecular flexibility index (Phi) is 2.00. The van der Waals surface area contributed by atoms with Crippen molar-refractivity contribution >= 4 is 18.5 Å². The van der Waals surface area contributed by atoms with Crippen LogP contribution in [0.1, 0.15) is 10.4 Å². The Morgan fingerprint density at radius 3 is 2.73 bits per heavy atom. The van der Waals surface area contributed by atoms with Crippen molar-refractivity contribution in [2.75, 3.05) is 0 Å². The number of nitrogens with zero attached hydrogens (tertiary/aromatic N) is 1. The third-order valence-electron chi connectivity index (χ3n) is 1.08. The molecule has 0 fully saturated rings. The first kappa shape index (κ1) is 7.87. The molecular formula is C6H6N2O2S. The molecule has 0 unspecified atom stereocenters. The van der Waals surface area contributed by atoms with E-state index in [9.17, 15) is 4.79 Å². The van der Waals surface area contributed by atoms with E-state index in [2.05, 4.69) is 17.6 Å². The Balaban J connectivity index is 3.19. The zero-order chi connectivity index (χ0) is 8.43. The molecule has 1 rings (SSSR count). The fraction of sp³-hybridized carbons (Fsp3) is 0. The molecule has 0 radical (unpaired) electrons. The molecule has 1 amide bonds. The number of hydrogen-bond acceptors (Lipinski definition) is 4. The zero-order valence-corrected chi connectivity index (χ0v) is 6.38. The second-order valence-electron chi connectivity index (χ2n) is 1.94. The second-order valence-corrected chi connectivity index (χ2v) is 2.39. The summed E-state index contributed by atoms with van der Waals surface area (Å²) in [5, 5.41) is 9.14. The van der Waals surface area contributed by atoms with Crippen molar-refractivity contribution in [2.24, 2.45) is 5.73 Å². The van der Waals surface area contributed by atoms with Crippen LogP contribution in [-0.4, -0.2) is 16.0 Å². The highest BCUT2D eigenvalue weighted by atomic mass is 32.1. The fourth-order valence-corrected chi connectivity index (χ4v) is 0.886. The molecule has 0 atom stereocenters. The molecule has 11 heavy (non-hydrogen) atoms. The van der Waals surface area contributed by atoms with Crippen LogP contribution in [-0.2, 0) is 0 Å². The molecule has 0 spiro atoms. The number of rotatable bonds is 1. The Hall–Kier alpha value is -1.23. The van der Waals surface area contributed by atoms with Gasteiger partial charge >= 0.3 is 0 Å². The molecule has 0 aromatic carbocycles. The van der Waals surface area contributed by atoms with Crippen molar-refractivity contribution in [3.63, 3.8) is 0 Å². The Bertz CT molecular complexity index is 280. The van der Waals surface area contributed by atoms with Crippen molar-refractivity contribution < 1.29 is 9.90 Å². The van der Waals surface area contributed by atoms with Crippen LogP contribution in [0.4, 0.5) is 0 Å². The van der Waals surface area contributed by atoms with E-state index >= 15 is 0 Å². The summed E-state index contributed by atoms with van der Waals surface area (Å²) in [5.41, 5.74) is 5.14. The van der Waals surface area contributed by atoms with Gasteiger partial charge in [-0.15, -0.1) is 12.6 Å². The molecule has 1 aromatic rings. The summed E-state index contributed by atoms with van der Waals surface area (Å²) >= 11 is 3.84. The molecule has 0 aliphatic heterocycles. The highest BCUT2D eigenvalue weighted by Crippen LogP contribution is 2.12. The largest absolute Gasteiger partial charge is 0.493 e. The molecular weight excluding hydrogens is 164 g/mol. The third-order valence-corrected chi connectivity index (χ3v) is 1.31. The quantitative estimate of drug-likeness (QED) is 0.526. The van der Waals surface area contributed by atoms with Gasteiger partial charge in [0.2, 0.25) is 11.8 Å². The fourth-order valence-electron chi connectivity index (χ4n) is 0.644. The number of hydrogen-bond donors (Lipinski definition) is 3. The molecule has 0 saturated carbocycles. The normalized spacial score (nSPS) is 9.55. The van der Waals surface area contributed by atoms with E-state index in [-0.39, 0.29) is 16.5 Å². The average molecular weight is 170 g/mol. The van der Waals surface area contributed by atoms with Crippen molar-refractivity contribution in [3.8, 4) is 5.88 Å². The number of amides is 1. The van der Waals surface area contributed by atoms with Gasteiger partial charge in [0.1, 0.15) is 0 Å². The summed E-state index contributed by atoms with van der Waals surface area (Å²) < 4.78 is 0. The molecule has 58 valence electrons. The summed E-state index contributed by atoms with van der Waals surface area (Å²) in [4.78, 5) is 14.1. The van der Waals surface area contributed by atoms with Crippen molar-refractivity contribution in [1.82, 2.24) is 4.98 Å². The monoisotopic (exact) mass is 170 g/mol. The van der Waals surface area contributed by atoms with Gasteiger partial charge < -0.3 is 10.8 Å². The molecule has 3 N–H and O–H groups in total. The SMILES string of the molecule is NC(=O)c1cc(O)nc(S)c1. The number of aromatic nitrogens is 1. The van der Waals surface area contributed by atoms with Gasteiger partial charge in [0.15, 0.2) is 0 Å². The van der Waals surface area contributed by atoms with Gasteiger partial charge in [-0.25, -0.2) is 4.98 Å². The van der Waals surface area contributed by atoms with Crippen molar-refractivity contribution in [1.29, 1.82) is 0 Å². The van der Waals surface area contributed by atoms with Gasteiger partial charge in [0.05, 0.1) is 5.03 Å². The smallest absolute Gasteiger partial charge is 0.248 e. The molecule has 1 aromatic heterocycles. The number of pyridine rings is 1. The molecule has 0 saturated heterocycles. The molecule has 1 heterocycles. The van der Waals surface area contributed by atoms with E-state index in [1.54, 1.807) is 0 Å². The number of nitrogens with two attached hydrogens (primary N) is 1. The topological polar surface area (TPSA) is 76.2 Å². The Morgan fingerprint density at radius 2 is 2.27 bits per heavy atom. The second kappa shape index (κ2) is 2.79. The molecule has 0 bridgehead atoms. The van der Waals surface area contributed by atoms with Gasteiger partial charge in [0.25, 0.3) is 0 Å². The number of aromatic hydroxyl groups is 1. The highest BCUT2D eigenvalue weighted by molar-refractivity contribution is 7.80. The van der Waals surface area contributed by atoms with E-state index in [0.717, 1.165) is 0 Å². The Morgan fingerprint density at radius 1 is 1.64 bits per heavy atom.